The second-order valence-corrected chi connectivity index (χ2v) is 8.02. The lowest BCUT2D eigenvalue weighted by molar-refractivity contribution is -0.274. The Labute approximate surface area is 171 Å². The number of rotatable bonds is 2. The van der Waals surface area contributed by atoms with Gasteiger partial charge in [0.2, 0.25) is 0 Å². The lowest BCUT2D eigenvalue weighted by atomic mass is 9.77. The van der Waals surface area contributed by atoms with Crippen LogP contribution >= 0.6 is 0 Å². The average Bonchev–Trinajstić information content (AvgIpc) is 2.83. The number of ether oxygens (including phenoxy) is 2. The molecule has 2 aromatic rings. The lowest BCUT2D eigenvalue weighted by Gasteiger charge is -2.41. The molecule has 0 saturated heterocycles. The molecule has 6 nitrogen and oxygen atoms in total. The van der Waals surface area contributed by atoms with Crippen molar-refractivity contribution in [3.63, 3.8) is 0 Å². The molecule has 0 aromatic heterocycles. The van der Waals surface area contributed by atoms with Gasteiger partial charge in [0.05, 0.1) is 0 Å². The van der Waals surface area contributed by atoms with E-state index in [1.807, 2.05) is 13.8 Å². The van der Waals surface area contributed by atoms with Gasteiger partial charge in [-0.05, 0) is 49.2 Å². The molecule has 4 rings (SSSR count). The fraction of sp³-hybridized carbons (Fsp3) is 0.333. The van der Waals surface area contributed by atoms with Gasteiger partial charge in [-0.2, -0.15) is 0 Å². The van der Waals surface area contributed by atoms with Gasteiger partial charge in [0.15, 0.2) is 11.5 Å². The standard InChI is InChI=1S/C21H20F3N3O3/c1-19(2)11-20(17(28)27(3)18(25)26-20)15-10-13(7-8-16(15)30-19)12-5-4-6-14(9-12)29-21(22,23)24/h4-10H,11H2,1-3H3,(H2,25,26). The Bertz CT molecular complexity index is 1060. The van der Waals surface area contributed by atoms with E-state index < -0.39 is 17.5 Å². The number of benzene rings is 2. The van der Waals surface area contributed by atoms with Gasteiger partial charge in [-0.3, -0.25) is 9.69 Å². The van der Waals surface area contributed by atoms with Crippen LogP contribution in [-0.4, -0.2) is 35.8 Å². The van der Waals surface area contributed by atoms with Crippen molar-refractivity contribution in [2.24, 2.45) is 10.7 Å². The van der Waals surface area contributed by atoms with Crippen LogP contribution in [0.3, 0.4) is 0 Å². The van der Waals surface area contributed by atoms with Crippen molar-refractivity contribution in [1.82, 2.24) is 4.90 Å². The summed E-state index contributed by atoms with van der Waals surface area (Å²) >= 11 is 0. The van der Waals surface area contributed by atoms with E-state index in [-0.39, 0.29) is 24.0 Å². The maximum Gasteiger partial charge on any atom is 0.573 e. The van der Waals surface area contributed by atoms with E-state index in [1.165, 1.54) is 23.1 Å². The van der Waals surface area contributed by atoms with E-state index in [4.69, 9.17) is 10.5 Å². The Morgan fingerprint density at radius 2 is 1.87 bits per heavy atom. The van der Waals surface area contributed by atoms with Crippen molar-refractivity contribution >= 4 is 11.9 Å². The number of amides is 1. The summed E-state index contributed by atoms with van der Waals surface area (Å²) in [7, 11) is 1.56. The highest BCUT2D eigenvalue weighted by Gasteiger charge is 2.55. The number of nitrogens with two attached hydrogens (primary N) is 1. The monoisotopic (exact) mass is 419 g/mol. The zero-order valence-corrected chi connectivity index (χ0v) is 16.6. The first-order valence-corrected chi connectivity index (χ1v) is 9.23. The Morgan fingerprint density at radius 1 is 1.17 bits per heavy atom. The molecule has 0 saturated carbocycles. The number of hydrogen-bond acceptors (Lipinski definition) is 5. The van der Waals surface area contributed by atoms with Crippen molar-refractivity contribution in [1.29, 1.82) is 0 Å². The summed E-state index contributed by atoms with van der Waals surface area (Å²) in [5.74, 6) is -0.0137. The number of carbonyl (C=O) groups excluding carboxylic acids is 1. The minimum atomic E-state index is -4.79. The average molecular weight is 419 g/mol. The number of fused-ring (bicyclic) bond motifs is 2. The summed E-state index contributed by atoms with van der Waals surface area (Å²) in [5, 5.41) is 0. The third kappa shape index (κ3) is 3.34. The maximum absolute atomic E-state index is 13.1. The molecule has 30 heavy (non-hydrogen) atoms. The van der Waals surface area contributed by atoms with Gasteiger partial charge >= 0.3 is 6.36 Å². The molecule has 2 aromatic carbocycles. The molecule has 1 amide bonds. The first-order valence-electron chi connectivity index (χ1n) is 9.23. The third-order valence-electron chi connectivity index (χ3n) is 5.20. The summed E-state index contributed by atoms with van der Waals surface area (Å²) in [6.45, 7) is 3.72. The van der Waals surface area contributed by atoms with Gasteiger partial charge in [-0.15, -0.1) is 13.2 Å². The number of halogens is 3. The Balaban J connectivity index is 1.83. The second kappa shape index (κ2) is 6.38. The zero-order chi connectivity index (χ0) is 21.9. The van der Waals surface area contributed by atoms with Gasteiger partial charge < -0.3 is 15.2 Å². The molecular weight excluding hydrogens is 399 g/mol. The summed E-state index contributed by atoms with van der Waals surface area (Å²) in [6.07, 6.45) is -4.51. The van der Waals surface area contributed by atoms with Crippen LogP contribution in [0.1, 0.15) is 25.8 Å². The first-order chi connectivity index (χ1) is 13.9. The molecule has 9 heteroatoms. The van der Waals surface area contributed by atoms with Crippen LogP contribution < -0.4 is 15.2 Å². The summed E-state index contributed by atoms with van der Waals surface area (Å²) in [6, 6.07) is 10.8. The zero-order valence-electron chi connectivity index (χ0n) is 16.6. The SMILES string of the molecule is CN1C(=O)C2(CC(C)(C)Oc3ccc(-c4cccc(OC(F)(F)F)c4)cc32)N=C1N. The molecule has 0 aliphatic carbocycles. The molecular formula is C21H20F3N3O3. The number of carbonyl (C=O) groups is 1. The number of guanidine groups is 1. The van der Waals surface area contributed by atoms with Gasteiger partial charge in [-0.1, -0.05) is 18.2 Å². The Hall–Kier alpha value is -3.23. The first kappa shape index (κ1) is 20.1. The Morgan fingerprint density at radius 3 is 2.50 bits per heavy atom. The predicted molar refractivity (Wildman–Crippen MR) is 104 cm³/mol. The van der Waals surface area contributed by atoms with Crippen LogP contribution in [0.15, 0.2) is 47.5 Å². The number of aliphatic imine (C=N–C) groups is 1. The molecule has 1 unspecified atom stereocenters. The normalized spacial score (nSPS) is 22.5. The van der Waals surface area contributed by atoms with Crippen molar-refractivity contribution in [2.75, 3.05) is 7.05 Å². The van der Waals surface area contributed by atoms with Crippen LogP contribution in [0.4, 0.5) is 13.2 Å². The molecule has 2 aliphatic rings. The van der Waals surface area contributed by atoms with Crippen LogP contribution in [-0.2, 0) is 10.3 Å². The molecule has 2 N–H and O–H groups in total. The van der Waals surface area contributed by atoms with Gasteiger partial charge in [0.25, 0.3) is 5.91 Å². The Kier molecular flexibility index (Phi) is 4.27. The quantitative estimate of drug-likeness (QED) is 0.804. The molecule has 0 fully saturated rings. The van der Waals surface area contributed by atoms with E-state index in [9.17, 15) is 18.0 Å². The fourth-order valence-corrected chi connectivity index (χ4v) is 4.03. The van der Waals surface area contributed by atoms with E-state index in [1.54, 1.807) is 31.3 Å². The highest BCUT2D eigenvalue weighted by Crippen LogP contribution is 2.49. The van der Waals surface area contributed by atoms with Crippen molar-refractivity contribution in [2.45, 2.75) is 37.8 Å². The van der Waals surface area contributed by atoms with Crippen molar-refractivity contribution in [3.05, 3.63) is 48.0 Å². The lowest BCUT2D eigenvalue weighted by Crippen LogP contribution is -2.49. The number of alkyl halides is 3. The minimum Gasteiger partial charge on any atom is -0.487 e. The van der Waals surface area contributed by atoms with Crippen LogP contribution in [0.5, 0.6) is 11.5 Å². The van der Waals surface area contributed by atoms with Gasteiger partial charge in [0.1, 0.15) is 17.1 Å². The van der Waals surface area contributed by atoms with Crippen molar-refractivity contribution in [3.8, 4) is 22.6 Å². The summed E-state index contributed by atoms with van der Waals surface area (Å²) in [4.78, 5) is 18.9. The maximum atomic E-state index is 13.1. The summed E-state index contributed by atoms with van der Waals surface area (Å²) in [5.41, 5.74) is 5.65. The van der Waals surface area contributed by atoms with E-state index in [2.05, 4.69) is 9.73 Å². The largest absolute Gasteiger partial charge is 0.573 e. The van der Waals surface area contributed by atoms with Crippen molar-refractivity contribution < 1.29 is 27.4 Å². The molecule has 0 bridgehead atoms. The number of likely N-dealkylation sites (N-methyl/N-ethyl adjacent to an activating group) is 1. The van der Waals surface area contributed by atoms with Crippen LogP contribution in [0, 0.1) is 0 Å². The molecule has 2 aliphatic heterocycles. The van der Waals surface area contributed by atoms with E-state index in [0.717, 1.165) is 0 Å². The highest BCUT2D eigenvalue weighted by atomic mass is 19.4. The molecule has 1 atom stereocenters. The number of hydrogen-bond donors (Lipinski definition) is 1. The second-order valence-electron chi connectivity index (χ2n) is 8.02. The molecule has 158 valence electrons. The molecule has 2 heterocycles. The van der Waals surface area contributed by atoms with Crippen LogP contribution in [0.25, 0.3) is 11.1 Å². The fourth-order valence-electron chi connectivity index (χ4n) is 4.03. The number of nitrogens with zero attached hydrogens (tertiary/aromatic N) is 2. The predicted octanol–water partition coefficient (Wildman–Crippen LogP) is 3.80. The summed E-state index contributed by atoms with van der Waals surface area (Å²) < 4.78 is 47.8. The minimum absolute atomic E-state index is 0.106. The smallest absolute Gasteiger partial charge is 0.487 e. The van der Waals surface area contributed by atoms with E-state index >= 15 is 0 Å². The molecule has 0 radical (unpaired) electrons. The van der Waals surface area contributed by atoms with Gasteiger partial charge in [0, 0.05) is 19.0 Å². The van der Waals surface area contributed by atoms with E-state index in [0.29, 0.717) is 22.4 Å². The molecule has 1 spiro atoms. The van der Waals surface area contributed by atoms with Gasteiger partial charge in [-0.25, -0.2) is 4.99 Å². The third-order valence-corrected chi connectivity index (χ3v) is 5.20. The van der Waals surface area contributed by atoms with Crippen LogP contribution in [0.2, 0.25) is 0 Å². The highest BCUT2D eigenvalue weighted by molar-refractivity contribution is 6.07. The topological polar surface area (TPSA) is 77.2 Å².